The van der Waals surface area contributed by atoms with Gasteiger partial charge in [-0.05, 0) is 35.7 Å². The molecular formula is C20H18FN3O2. The standard InChI is InChI=1S/C20H18FN3O2/c21-16-7-5-14(6-8-16)13-24-19(25)10-9-17(22-24)20(26)23-12-11-15-3-1-2-4-18(15)23/h1-8H,9-13H2. The molecule has 5 nitrogen and oxygen atoms in total. The van der Waals surface area contributed by atoms with Crippen molar-refractivity contribution in [3.63, 3.8) is 0 Å². The Morgan fingerprint density at radius 3 is 2.62 bits per heavy atom. The Bertz CT molecular complexity index is 892. The molecule has 0 bridgehead atoms. The molecule has 2 aromatic rings. The van der Waals surface area contributed by atoms with E-state index >= 15 is 0 Å². The number of halogens is 1. The number of para-hydroxylation sites is 1. The monoisotopic (exact) mass is 351 g/mol. The van der Waals surface area contributed by atoms with Crippen molar-refractivity contribution in [2.75, 3.05) is 11.4 Å². The van der Waals surface area contributed by atoms with Crippen molar-refractivity contribution in [1.29, 1.82) is 0 Å². The van der Waals surface area contributed by atoms with Crippen LogP contribution < -0.4 is 4.90 Å². The Kier molecular flexibility index (Phi) is 4.24. The predicted molar refractivity (Wildman–Crippen MR) is 96.1 cm³/mol. The molecule has 132 valence electrons. The summed E-state index contributed by atoms with van der Waals surface area (Å²) in [6.07, 6.45) is 1.42. The minimum absolute atomic E-state index is 0.132. The second-order valence-electron chi connectivity index (χ2n) is 6.46. The molecule has 0 saturated carbocycles. The van der Waals surface area contributed by atoms with E-state index in [0.717, 1.165) is 23.2 Å². The number of nitrogens with zero attached hydrogens (tertiary/aromatic N) is 3. The zero-order valence-electron chi connectivity index (χ0n) is 14.2. The van der Waals surface area contributed by atoms with Gasteiger partial charge < -0.3 is 4.90 Å². The molecule has 0 unspecified atom stereocenters. The number of hydrogen-bond donors (Lipinski definition) is 0. The van der Waals surface area contributed by atoms with Crippen LogP contribution in [0.25, 0.3) is 0 Å². The highest BCUT2D eigenvalue weighted by Gasteiger charge is 2.31. The molecule has 26 heavy (non-hydrogen) atoms. The van der Waals surface area contributed by atoms with Gasteiger partial charge in [-0.15, -0.1) is 0 Å². The van der Waals surface area contributed by atoms with Crippen molar-refractivity contribution in [2.24, 2.45) is 5.10 Å². The first-order valence-electron chi connectivity index (χ1n) is 8.64. The van der Waals surface area contributed by atoms with E-state index < -0.39 is 0 Å². The first kappa shape index (κ1) is 16.4. The van der Waals surface area contributed by atoms with Gasteiger partial charge in [0.1, 0.15) is 11.5 Å². The average Bonchev–Trinajstić information content (AvgIpc) is 3.09. The van der Waals surface area contributed by atoms with Gasteiger partial charge in [0.15, 0.2) is 0 Å². The highest BCUT2D eigenvalue weighted by atomic mass is 19.1. The normalized spacial score (nSPS) is 16.5. The van der Waals surface area contributed by atoms with Crippen LogP contribution in [0.5, 0.6) is 0 Å². The first-order valence-corrected chi connectivity index (χ1v) is 8.64. The van der Waals surface area contributed by atoms with Crippen molar-refractivity contribution in [3.8, 4) is 0 Å². The summed E-state index contributed by atoms with van der Waals surface area (Å²) in [4.78, 5) is 26.8. The van der Waals surface area contributed by atoms with E-state index in [2.05, 4.69) is 5.10 Å². The summed E-state index contributed by atoms with van der Waals surface area (Å²) in [5.74, 6) is -0.606. The summed E-state index contributed by atoms with van der Waals surface area (Å²) >= 11 is 0. The molecule has 2 aromatic carbocycles. The molecule has 0 atom stereocenters. The number of benzene rings is 2. The van der Waals surface area contributed by atoms with Gasteiger partial charge in [0.25, 0.3) is 5.91 Å². The third-order valence-corrected chi connectivity index (χ3v) is 4.73. The second-order valence-corrected chi connectivity index (χ2v) is 6.46. The third kappa shape index (κ3) is 3.10. The van der Waals surface area contributed by atoms with Crippen molar-refractivity contribution in [3.05, 3.63) is 65.5 Å². The maximum absolute atomic E-state index is 13.0. The van der Waals surface area contributed by atoms with Crippen LogP contribution in [0.2, 0.25) is 0 Å². The number of hydrogen-bond acceptors (Lipinski definition) is 3. The molecule has 4 rings (SSSR count). The van der Waals surface area contributed by atoms with Crippen LogP contribution in [0.4, 0.5) is 10.1 Å². The Balaban J connectivity index is 1.55. The minimum Gasteiger partial charge on any atom is -0.307 e. The molecular weight excluding hydrogens is 333 g/mol. The average molecular weight is 351 g/mol. The minimum atomic E-state index is -0.328. The van der Waals surface area contributed by atoms with Crippen LogP contribution in [0.15, 0.2) is 53.6 Å². The van der Waals surface area contributed by atoms with Gasteiger partial charge in [-0.2, -0.15) is 5.10 Å². The molecule has 0 radical (unpaired) electrons. The van der Waals surface area contributed by atoms with Gasteiger partial charge in [0.05, 0.1) is 6.54 Å². The maximum Gasteiger partial charge on any atom is 0.274 e. The lowest BCUT2D eigenvalue weighted by Crippen LogP contribution is -2.40. The fourth-order valence-corrected chi connectivity index (χ4v) is 3.35. The van der Waals surface area contributed by atoms with Gasteiger partial charge in [-0.25, -0.2) is 9.40 Å². The molecule has 2 amide bonds. The van der Waals surface area contributed by atoms with E-state index in [4.69, 9.17) is 0 Å². The lowest BCUT2D eigenvalue weighted by molar-refractivity contribution is -0.132. The molecule has 2 aliphatic rings. The zero-order valence-corrected chi connectivity index (χ0v) is 14.2. The smallest absolute Gasteiger partial charge is 0.274 e. The van der Waals surface area contributed by atoms with E-state index in [1.165, 1.54) is 17.1 Å². The summed E-state index contributed by atoms with van der Waals surface area (Å²) in [6.45, 7) is 0.857. The Hall–Kier alpha value is -3.02. The van der Waals surface area contributed by atoms with Crippen LogP contribution in [0.1, 0.15) is 24.0 Å². The Morgan fingerprint density at radius 2 is 1.81 bits per heavy atom. The molecule has 6 heteroatoms. The number of rotatable bonds is 3. The fraction of sp³-hybridized carbons (Fsp3) is 0.250. The zero-order chi connectivity index (χ0) is 18.1. The molecule has 0 aromatic heterocycles. The number of carbonyl (C=O) groups is 2. The largest absolute Gasteiger partial charge is 0.307 e. The van der Waals surface area contributed by atoms with E-state index in [1.54, 1.807) is 17.0 Å². The lowest BCUT2D eigenvalue weighted by Gasteiger charge is -2.25. The van der Waals surface area contributed by atoms with Crippen LogP contribution in [-0.2, 0) is 22.6 Å². The summed E-state index contributed by atoms with van der Waals surface area (Å²) < 4.78 is 13.0. The third-order valence-electron chi connectivity index (χ3n) is 4.73. The Labute approximate surface area is 150 Å². The SMILES string of the molecule is O=C1CCC(C(=O)N2CCc3ccccc32)=NN1Cc1ccc(F)cc1. The number of fused-ring (bicyclic) bond motifs is 1. The lowest BCUT2D eigenvalue weighted by atomic mass is 10.1. The predicted octanol–water partition coefficient (Wildman–Crippen LogP) is 2.89. The highest BCUT2D eigenvalue weighted by molar-refractivity contribution is 6.44. The van der Waals surface area contributed by atoms with Crippen molar-refractivity contribution >= 4 is 23.2 Å². The van der Waals surface area contributed by atoms with Crippen molar-refractivity contribution in [2.45, 2.75) is 25.8 Å². The van der Waals surface area contributed by atoms with E-state index in [0.29, 0.717) is 18.7 Å². The summed E-state index contributed by atoms with van der Waals surface area (Å²) in [7, 11) is 0. The summed E-state index contributed by atoms with van der Waals surface area (Å²) in [5, 5.41) is 5.62. The van der Waals surface area contributed by atoms with Gasteiger partial charge >= 0.3 is 0 Å². The molecule has 0 fully saturated rings. The summed E-state index contributed by atoms with van der Waals surface area (Å²) in [6, 6.07) is 13.8. The van der Waals surface area contributed by atoms with Crippen LogP contribution >= 0.6 is 0 Å². The topological polar surface area (TPSA) is 53.0 Å². The quantitative estimate of drug-likeness (QED) is 0.854. The number of carbonyl (C=O) groups excluding carboxylic acids is 2. The molecule has 2 heterocycles. The Morgan fingerprint density at radius 1 is 1.04 bits per heavy atom. The molecule has 0 spiro atoms. The number of amides is 2. The number of hydrazone groups is 1. The van der Waals surface area contributed by atoms with Gasteiger partial charge in [-0.3, -0.25) is 9.59 Å². The molecule has 0 N–H and O–H groups in total. The van der Waals surface area contributed by atoms with Crippen molar-refractivity contribution in [1.82, 2.24) is 5.01 Å². The molecule has 0 saturated heterocycles. The summed E-state index contributed by atoms with van der Waals surface area (Å²) in [5.41, 5.74) is 3.23. The molecule has 0 aliphatic carbocycles. The fourth-order valence-electron chi connectivity index (χ4n) is 3.35. The van der Waals surface area contributed by atoms with Crippen LogP contribution in [0, 0.1) is 5.82 Å². The highest BCUT2D eigenvalue weighted by Crippen LogP contribution is 2.28. The number of anilines is 1. The van der Waals surface area contributed by atoms with Gasteiger partial charge in [-0.1, -0.05) is 30.3 Å². The van der Waals surface area contributed by atoms with E-state index in [1.807, 2.05) is 24.3 Å². The van der Waals surface area contributed by atoms with E-state index in [-0.39, 0.29) is 30.6 Å². The second kappa shape index (κ2) is 6.71. The van der Waals surface area contributed by atoms with Crippen LogP contribution in [0.3, 0.4) is 0 Å². The van der Waals surface area contributed by atoms with Gasteiger partial charge in [0, 0.05) is 25.1 Å². The first-order chi connectivity index (χ1) is 12.6. The van der Waals surface area contributed by atoms with E-state index in [9.17, 15) is 14.0 Å². The van der Waals surface area contributed by atoms with Crippen LogP contribution in [-0.4, -0.2) is 29.1 Å². The maximum atomic E-state index is 13.0. The molecule has 2 aliphatic heterocycles. The van der Waals surface area contributed by atoms with Crippen molar-refractivity contribution < 1.29 is 14.0 Å². The van der Waals surface area contributed by atoms with Gasteiger partial charge in [0.2, 0.25) is 5.91 Å².